The van der Waals surface area contributed by atoms with Crippen LogP contribution in [0.15, 0.2) is 73.1 Å². The molecule has 0 saturated carbocycles. The lowest BCUT2D eigenvalue weighted by molar-refractivity contribution is -0.679. The first-order chi connectivity index (χ1) is 21.8. The lowest BCUT2D eigenvalue weighted by Gasteiger charge is -2.28. The maximum Gasteiger partial charge on any atom is 0.480 e. The van der Waals surface area contributed by atoms with Crippen molar-refractivity contribution in [3.05, 3.63) is 90.0 Å². The van der Waals surface area contributed by atoms with E-state index in [1.54, 1.807) is 31.5 Å². The van der Waals surface area contributed by atoms with E-state index in [1.807, 2.05) is 18.2 Å². The van der Waals surface area contributed by atoms with E-state index in [9.17, 15) is 24.6 Å². The second-order valence-corrected chi connectivity index (χ2v) is 14.3. The molecule has 2 aliphatic rings. The molecule has 0 aliphatic carbocycles. The molecule has 46 heavy (non-hydrogen) atoms. The number of rotatable bonds is 7. The number of nitrogens with zero attached hydrogens (tertiary/aromatic N) is 4. The maximum absolute atomic E-state index is 12.7. The van der Waals surface area contributed by atoms with Gasteiger partial charge in [0.15, 0.2) is 0 Å². The fraction of sp³-hybridized carbons (Fsp3) is 0.515. The SMILES string of the molecule is CC#N.CC(C)c1n(S(=O)(=O)F)cc[n+]1C.O=S(=O)(F)N1CCC(Cc2ccccc2)CC1.c1ccc(CC2CCNCC2)cc1. The number of hydrogen-bond acceptors (Lipinski definition) is 6. The molecular weight excluding hydrogens is 633 g/mol. The highest BCUT2D eigenvalue weighted by molar-refractivity contribution is 7.84. The molecule has 0 atom stereocenters. The Morgan fingerprint density at radius 1 is 0.848 bits per heavy atom. The normalized spacial score (nSPS) is 16.1. The van der Waals surface area contributed by atoms with Gasteiger partial charge in [-0.1, -0.05) is 86.3 Å². The summed E-state index contributed by atoms with van der Waals surface area (Å²) in [7, 11) is -7.47. The van der Waals surface area contributed by atoms with Crippen LogP contribution in [-0.2, 0) is 40.7 Å². The van der Waals surface area contributed by atoms with Crippen molar-refractivity contribution in [2.24, 2.45) is 18.9 Å². The minimum Gasteiger partial charge on any atom is -0.317 e. The van der Waals surface area contributed by atoms with Crippen molar-refractivity contribution in [3.8, 4) is 6.07 Å². The Kier molecular flexibility index (Phi) is 16.5. The largest absolute Gasteiger partial charge is 0.480 e. The van der Waals surface area contributed by atoms with Gasteiger partial charge in [-0.25, -0.2) is 4.57 Å². The molecule has 0 spiro atoms. The molecule has 1 N–H and O–H groups in total. The van der Waals surface area contributed by atoms with Gasteiger partial charge in [0.2, 0.25) is 0 Å². The smallest absolute Gasteiger partial charge is 0.317 e. The van der Waals surface area contributed by atoms with Crippen LogP contribution < -0.4 is 9.88 Å². The van der Waals surface area contributed by atoms with Crippen LogP contribution in [0, 0.1) is 23.2 Å². The molecule has 13 heteroatoms. The van der Waals surface area contributed by atoms with E-state index in [-0.39, 0.29) is 5.92 Å². The third kappa shape index (κ3) is 14.1. The Morgan fingerprint density at radius 3 is 1.65 bits per heavy atom. The fourth-order valence-electron chi connectivity index (χ4n) is 5.63. The Morgan fingerprint density at radius 2 is 1.28 bits per heavy atom. The first kappa shape index (κ1) is 39.0. The number of aromatic nitrogens is 2. The Hall–Kier alpha value is -3.18. The summed E-state index contributed by atoms with van der Waals surface area (Å²) in [5.41, 5.74) is 2.75. The molecule has 0 unspecified atom stereocenters. The molecule has 0 radical (unpaired) electrons. The number of piperidine rings is 2. The van der Waals surface area contributed by atoms with E-state index < -0.39 is 20.8 Å². The predicted octanol–water partition coefficient (Wildman–Crippen LogP) is 5.41. The van der Waals surface area contributed by atoms with Crippen LogP contribution in [0.5, 0.6) is 0 Å². The molecule has 2 aromatic carbocycles. The second-order valence-electron chi connectivity index (χ2n) is 11.7. The van der Waals surface area contributed by atoms with E-state index in [2.05, 4.69) is 47.8 Å². The second kappa shape index (κ2) is 19.5. The standard InChI is InChI=1S/C12H16FNO2S.C12H17N.C7H12FN2O2S.C2H3N/c13-17(15,16)14-8-6-12(7-9-14)10-11-4-2-1-3-5-11;1-2-4-11(5-3-1)10-12-6-8-13-9-7-12;1-6(2)7-9(3)4-5-10(7)13(8,11)12;1-2-3/h1-5,12H,6-10H2;1-5,12-13H,6-10H2;4-6H,1-3H3;1H3/q;;+1;. The number of nitriles is 1. The van der Waals surface area contributed by atoms with Crippen LogP contribution in [-0.4, -0.2) is 51.3 Å². The number of aryl methyl sites for hydroxylation is 1. The Balaban J connectivity index is 0.000000233. The van der Waals surface area contributed by atoms with E-state index in [4.69, 9.17) is 5.26 Å². The lowest BCUT2D eigenvalue weighted by atomic mass is 9.91. The van der Waals surface area contributed by atoms with Gasteiger partial charge in [0.05, 0.1) is 19.0 Å². The quantitative estimate of drug-likeness (QED) is 0.264. The molecule has 3 heterocycles. The summed E-state index contributed by atoms with van der Waals surface area (Å²) in [5, 5.41) is 10.7. The van der Waals surface area contributed by atoms with Gasteiger partial charge >= 0.3 is 20.8 Å². The molecule has 3 aromatic rings. The molecule has 2 fully saturated rings. The average Bonchev–Trinajstić information content (AvgIpc) is 3.42. The summed E-state index contributed by atoms with van der Waals surface area (Å²) in [6.45, 7) is 8.05. The summed E-state index contributed by atoms with van der Waals surface area (Å²) < 4.78 is 71.3. The molecule has 2 aliphatic heterocycles. The molecule has 9 nitrogen and oxygen atoms in total. The lowest BCUT2D eigenvalue weighted by Crippen LogP contribution is -2.36. The van der Waals surface area contributed by atoms with Gasteiger partial charge in [-0.05, 0) is 74.6 Å². The van der Waals surface area contributed by atoms with Crippen molar-refractivity contribution in [1.82, 2.24) is 13.6 Å². The molecule has 1 aromatic heterocycles. The Bertz CT molecular complexity index is 1550. The van der Waals surface area contributed by atoms with Crippen molar-refractivity contribution in [2.75, 3.05) is 26.2 Å². The molecule has 5 rings (SSSR count). The van der Waals surface area contributed by atoms with Crippen LogP contribution in [0.3, 0.4) is 0 Å². The van der Waals surface area contributed by atoms with Crippen LogP contribution in [0.1, 0.15) is 69.3 Å². The van der Waals surface area contributed by atoms with E-state index >= 15 is 0 Å². The van der Waals surface area contributed by atoms with Gasteiger partial charge in [0.25, 0.3) is 5.82 Å². The molecular formula is C33H48F2N5O4S2+. The van der Waals surface area contributed by atoms with Crippen LogP contribution in [0.2, 0.25) is 0 Å². The third-order valence-corrected chi connectivity index (χ3v) is 9.60. The molecule has 2 saturated heterocycles. The summed E-state index contributed by atoms with van der Waals surface area (Å²) in [6.07, 6.45) is 9.07. The van der Waals surface area contributed by atoms with Crippen molar-refractivity contribution < 1.29 is 29.2 Å². The highest BCUT2D eigenvalue weighted by Gasteiger charge is 2.28. The van der Waals surface area contributed by atoms with Crippen LogP contribution >= 0.6 is 0 Å². The molecule has 254 valence electrons. The minimum atomic E-state index is -4.66. The zero-order valence-electron chi connectivity index (χ0n) is 27.2. The van der Waals surface area contributed by atoms with Crippen molar-refractivity contribution in [3.63, 3.8) is 0 Å². The fourth-order valence-corrected chi connectivity index (χ4v) is 7.04. The van der Waals surface area contributed by atoms with E-state index in [1.165, 1.54) is 62.8 Å². The first-order valence-electron chi connectivity index (χ1n) is 15.6. The van der Waals surface area contributed by atoms with Crippen LogP contribution in [0.4, 0.5) is 7.77 Å². The van der Waals surface area contributed by atoms with Crippen molar-refractivity contribution >= 4 is 20.8 Å². The predicted molar refractivity (Wildman–Crippen MR) is 177 cm³/mol. The van der Waals surface area contributed by atoms with Gasteiger partial charge in [0, 0.05) is 20.0 Å². The summed E-state index contributed by atoms with van der Waals surface area (Å²) in [6, 6.07) is 22.7. The Labute approximate surface area is 274 Å². The van der Waals surface area contributed by atoms with Gasteiger partial charge in [0.1, 0.15) is 12.4 Å². The number of imidazole rings is 1. The van der Waals surface area contributed by atoms with E-state index in [0.29, 0.717) is 28.8 Å². The average molecular weight is 681 g/mol. The number of halogens is 2. The number of nitrogens with one attached hydrogen (secondary N) is 1. The molecule has 0 bridgehead atoms. The maximum atomic E-state index is 12.7. The summed E-state index contributed by atoms with van der Waals surface area (Å²) in [4.78, 5) is 0. The topological polar surface area (TPSA) is 116 Å². The van der Waals surface area contributed by atoms with Crippen molar-refractivity contribution in [2.45, 2.75) is 65.2 Å². The number of hydrogen-bond donors (Lipinski definition) is 1. The third-order valence-electron chi connectivity index (χ3n) is 7.84. The van der Waals surface area contributed by atoms with Gasteiger partial charge < -0.3 is 5.32 Å². The van der Waals surface area contributed by atoms with Gasteiger partial charge in [-0.3, -0.25) is 0 Å². The van der Waals surface area contributed by atoms with Gasteiger partial charge in [-0.15, -0.1) is 0 Å². The van der Waals surface area contributed by atoms with E-state index in [0.717, 1.165) is 29.5 Å². The van der Waals surface area contributed by atoms with Gasteiger partial charge in [-0.2, -0.15) is 26.4 Å². The minimum absolute atomic E-state index is 0.0504. The monoisotopic (exact) mass is 680 g/mol. The zero-order valence-corrected chi connectivity index (χ0v) is 28.9. The zero-order chi connectivity index (χ0) is 34.2. The highest BCUT2D eigenvalue weighted by Crippen LogP contribution is 2.23. The summed E-state index contributed by atoms with van der Waals surface area (Å²) >= 11 is 0. The first-order valence-corrected chi connectivity index (χ1v) is 18.2. The van der Waals surface area contributed by atoms with Crippen molar-refractivity contribution in [1.29, 1.82) is 5.26 Å². The number of benzene rings is 2. The highest BCUT2D eigenvalue weighted by atomic mass is 32.3. The summed E-state index contributed by atoms with van der Waals surface area (Å²) in [5.74, 6) is 1.73. The molecule has 0 amide bonds. The van der Waals surface area contributed by atoms with Crippen LogP contribution in [0.25, 0.3) is 0 Å².